The van der Waals surface area contributed by atoms with E-state index in [0.717, 1.165) is 29.5 Å². The lowest BCUT2D eigenvalue weighted by Gasteiger charge is -2.34. The zero-order chi connectivity index (χ0) is 21.9. The molecule has 3 aromatic carbocycles. The Hall–Kier alpha value is -3.03. The molecule has 32 heavy (non-hydrogen) atoms. The van der Waals surface area contributed by atoms with Gasteiger partial charge in [-0.1, -0.05) is 35.6 Å². The maximum atomic E-state index is 13.1. The fraction of sp³-hybridized carbons (Fsp3) is 0.200. The van der Waals surface area contributed by atoms with Crippen molar-refractivity contribution >= 4 is 44.4 Å². The van der Waals surface area contributed by atoms with E-state index in [9.17, 15) is 4.79 Å². The van der Waals surface area contributed by atoms with Crippen molar-refractivity contribution in [1.29, 1.82) is 0 Å². The first kappa shape index (κ1) is 20.8. The van der Waals surface area contributed by atoms with Crippen LogP contribution in [-0.4, -0.2) is 48.2 Å². The molecule has 1 aliphatic heterocycles. The highest BCUT2D eigenvalue weighted by atomic mass is 32.2. The molecule has 5 nitrogen and oxygen atoms in total. The lowest BCUT2D eigenvalue weighted by molar-refractivity contribution is 0.0746. The normalized spacial score (nSPS) is 14.0. The van der Waals surface area contributed by atoms with E-state index >= 15 is 0 Å². The standard InChI is InChI=1S/C25H23N3O2S2/c1-31-21-10-11-22-23(17-21)32-25(26-22)28-14-12-27(13-15-28)24(29)18-6-5-9-20(16-18)30-19-7-3-2-4-8-19/h2-11,16-17H,12-15H2,1H3. The number of benzene rings is 3. The van der Waals surface area contributed by atoms with Crippen molar-refractivity contribution in [3.05, 3.63) is 78.4 Å². The van der Waals surface area contributed by atoms with Crippen LogP contribution in [0.2, 0.25) is 0 Å². The number of nitrogens with zero attached hydrogens (tertiary/aromatic N) is 3. The Labute approximate surface area is 195 Å². The number of thiazole rings is 1. The predicted molar refractivity (Wildman–Crippen MR) is 132 cm³/mol. The van der Waals surface area contributed by atoms with Crippen LogP contribution >= 0.6 is 23.1 Å². The van der Waals surface area contributed by atoms with Crippen LogP contribution in [0.1, 0.15) is 10.4 Å². The van der Waals surface area contributed by atoms with Crippen LogP contribution < -0.4 is 9.64 Å². The number of ether oxygens (including phenoxy) is 1. The van der Waals surface area contributed by atoms with Gasteiger partial charge in [-0.25, -0.2) is 4.98 Å². The number of fused-ring (bicyclic) bond motifs is 1. The number of hydrogen-bond acceptors (Lipinski definition) is 6. The number of carbonyl (C=O) groups excluding carboxylic acids is 1. The number of anilines is 1. The number of aromatic nitrogens is 1. The number of para-hydroxylation sites is 1. The molecule has 0 atom stereocenters. The minimum Gasteiger partial charge on any atom is -0.457 e. The Kier molecular flexibility index (Phi) is 6.01. The van der Waals surface area contributed by atoms with Gasteiger partial charge < -0.3 is 14.5 Å². The summed E-state index contributed by atoms with van der Waals surface area (Å²) in [7, 11) is 0. The maximum Gasteiger partial charge on any atom is 0.254 e. The molecule has 7 heteroatoms. The van der Waals surface area contributed by atoms with Gasteiger partial charge in [0.05, 0.1) is 10.2 Å². The van der Waals surface area contributed by atoms with Crippen LogP contribution in [0, 0.1) is 0 Å². The third-order valence-electron chi connectivity index (χ3n) is 5.48. The molecule has 1 amide bonds. The van der Waals surface area contributed by atoms with Crippen LogP contribution in [0.25, 0.3) is 10.2 Å². The zero-order valence-electron chi connectivity index (χ0n) is 17.7. The first-order chi connectivity index (χ1) is 15.7. The van der Waals surface area contributed by atoms with E-state index in [-0.39, 0.29) is 5.91 Å². The Morgan fingerprint density at radius 2 is 1.72 bits per heavy atom. The lowest BCUT2D eigenvalue weighted by atomic mass is 10.1. The summed E-state index contributed by atoms with van der Waals surface area (Å²) >= 11 is 3.47. The summed E-state index contributed by atoms with van der Waals surface area (Å²) in [6.45, 7) is 2.91. The van der Waals surface area contributed by atoms with Crippen LogP contribution in [0.5, 0.6) is 11.5 Å². The summed E-state index contributed by atoms with van der Waals surface area (Å²) < 4.78 is 7.10. The number of carbonyl (C=O) groups is 1. The molecule has 0 unspecified atom stereocenters. The van der Waals surface area contributed by atoms with Gasteiger partial charge in [0.1, 0.15) is 11.5 Å². The second kappa shape index (κ2) is 9.22. The molecular formula is C25H23N3O2S2. The number of piperazine rings is 1. The summed E-state index contributed by atoms with van der Waals surface area (Å²) in [6, 6.07) is 23.4. The van der Waals surface area contributed by atoms with E-state index in [0.29, 0.717) is 24.4 Å². The van der Waals surface area contributed by atoms with E-state index < -0.39 is 0 Å². The molecule has 2 heterocycles. The average molecular weight is 462 g/mol. The lowest BCUT2D eigenvalue weighted by Crippen LogP contribution is -2.48. The molecule has 0 radical (unpaired) electrons. The second-order valence-electron chi connectivity index (χ2n) is 7.55. The Morgan fingerprint density at radius 3 is 2.50 bits per heavy atom. The van der Waals surface area contributed by atoms with Crippen molar-refractivity contribution < 1.29 is 9.53 Å². The Morgan fingerprint density at radius 1 is 0.938 bits per heavy atom. The van der Waals surface area contributed by atoms with Gasteiger partial charge in [-0.05, 0) is 54.8 Å². The highest BCUT2D eigenvalue weighted by Crippen LogP contribution is 2.32. The fourth-order valence-corrected chi connectivity index (χ4v) is 5.33. The first-order valence-corrected chi connectivity index (χ1v) is 12.6. The van der Waals surface area contributed by atoms with Gasteiger partial charge in [0.2, 0.25) is 0 Å². The molecule has 4 aromatic rings. The third-order valence-corrected chi connectivity index (χ3v) is 7.29. The Balaban J connectivity index is 1.24. The van der Waals surface area contributed by atoms with Gasteiger partial charge in [-0.2, -0.15) is 0 Å². The van der Waals surface area contributed by atoms with Crippen molar-refractivity contribution in [2.45, 2.75) is 4.90 Å². The topological polar surface area (TPSA) is 45.7 Å². The van der Waals surface area contributed by atoms with E-state index in [1.807, 2.05) is 59.5 Å². The summed E-state index contributed by atoms with van der Waals surface area (Å²) in [4.78, 5) is 23.3. The predicted octanol–water partition coefficient (Wildman–Crippen LogP) is 5.77. The Bertz CT molecular complexity index is 1230. The zero-order valence-corrected chi connectivity index (χ0v) is 19.4. The molecule has 0 aliphatic carbocycles. The second-order valence-corrected chi connectivity index (χ2v) is 9.44. The molecule has 1 aromatic heterocycles. The first-order valence-electron chi connectivity index (χ1n) is 10.5. The van der Waals surface area contributed by atoms with Gasteiger partial charge in [0.25, 0.3) is 5.91 Å². The van der Waals surface area contributed by atoms with E-state index in [1.165, 1.54) is 9.60 Å². The van der Waals surface area contributed by atoms with E-state index in [4.69, 9.17) is 9.72 Å². The monoisotopic (exact) mass is 461 g/mol. The number of rotatable bonds is 5. The smallest absolute Gasteiger partial charge is 0.254 e. The van der Waals surface area contributed by atoms with Crippen molar-refractivity contribution in [3.63, 3.8) is 0 Å². The van der Waals surface area contributed by atoms with Crippen LogP contribution in [-0.2, 0) is 0 Å². The fourth-order valence-electron chi connectivity index (χ4n) is 3.76. The van der Waals surface area contributed by atoms with Gasteiger partial charge in [-0.15, -0.1) is 11.8 Å². The highest BCUT2D eigenvalue weighted by Gasteiger charge is 2.24. The molecule has 1 aliphatic rings. The third kappa shape index (κ3) is 4.45. The average Bonchev–Trinajstić information content (AvgIpc) is 3.28. The summed E-state index contributed by atoms with van der Waals surface area (Å²) in [5, 5.41) is 1.03. The van der Waals surface area contributed by atoms with Gasteiger partial charge in [0.15, 0.2) is 5.13 Å². The molecule has 0 N–H and O–H groups in total. The van der Waals surface area contributed by atoms with Crippen LogP contribution in [0.15, 0.2) is 77.7 Å². The number of hydrogen-bond donors (Lipinski definition) is 0. The molecule has 0 bridgehead atoms. The quantitative estimate of drug-likeness (QED) is 0.353. The van der Waals surface area contributed by atoms with Crippen LogP contribution in [0.3, 0.4) is 0 Å². The molecular weight excluding hydrogens is 438 g/mol. The molecule has 5 rings (SSSR count). The molecule has 1 fully saturated rings. The largest absolute Gasteiger partial charge is 0.457 e. The number of amides is 1. The molecule has 1 saturated heterocycles. The SMILES string of the molecule is CSc1ccc2nc(N3CCN(C(=O)c4cccc(Oc5ccccc5)c4)CC3)sc2c1. The van der Waals surface area contributed by atoms with Gasteiger partial charge in [0, 0.05) is 36.6 Å². The highest BCUT2D eigenvalue weighted by molar-refractivity contribution is 7.98. The van der Waals surface area contributed by atoms with Gasteiger partial charge >= 0.3 is 0 Å². The van der Waals surface area contributed by atoms with Crippen molar-refractivity contribution in [2.24, 2.45) is 0 Å². The summed E-state index contributed by atoms with van der Waals surface area (Å²) in [5.41, 5.74) is 1.69. The van der Waals surface area contributed by atoms with E-state index in [1.54, 1.807) is 23.1 Å². The summed E-state index contributed by atoms with van der Waals surface area (Å²) in [6.07, 6.45) is 2.09. The number of thioether (sulfide) groups is 1. The van der Waals surface area contributed by atoms with E-state index in [2.05, 4.69) is 29.4 Å². The summed E-state index contributed by atoms with van der Waals surface area (Å²) in [5.74, 6) is 1.46. The van der Waals surface area contributed by atoms with Gasteiger partial charge in [-0.3, -0.25) is 4.79 Å². The minimum atomic E-state index is 0.0390. The molecule has 162 valence electrons. The van der Waals surface area contributed by atoms with Crippen molar-refractivity contribution in [1.82, 2.24) is 9.88 Å². The minimum absolute atomic E-state index is 0.0390. The maximum absolute atomic E-state index is 13.1. The van der Waals surface area contributed by atoms with Crippen molar-refractivity contribution in [2.75, 3.05) is 37.3 Å². The van der Waals surface area contributed by atoms with Crippen molar-refractivity contribution in [3.8, 4) is 11.5 Å². The van der Waals surface area contributed by atoms with Crippen LogP contribution in [0.4, 0.5) is 5.13 Å². The molecule has 0 saturated carbocycles. The molecule has 0 spiro atoms.